The molecule has 1 saturated heterocycles. The van der Waals surface area contributed by atoms with Gasteiger partial charge in [0.1, 0.15) is 5.37 Å². The molecule has 1 heterocycles. The second kappa shape index (κ2) is 9.80. The summed E-state index contributed by atoms with van der Waals surface area (Å²) in [5.74, 6) is 0.552. The van der Waals surface area contributed by atoms with Gasteiger partial charge >= 0.3 is 0 Å². The maximum atomic E-state index is 12.9. The molecule has 1 unspecified atom stereocenters. The first-order valence-corrected chi connectivity index (χ1v) is 11.9. The van der Waals surface area contributed by atoms with Crippen LogP contribution in [0.3, 0.4) is 0 Å². The predicted molar refractivity (Wildman–Crippen MR) is 131 cm³/mol. The summed E-state index contributed by atoms with van der Waals surface area (Å²) in [5, 5.41) is 0.618. The molecule has 1 fully saturated rings. The van der Waals surface area contributed by atoms with Crippen LogP contribution in [0.2, 0.25) is 5.02 Å². The Labute approximate surface area is 198 Å². The van der Waals surface area contributed by atoms with Crippen LogP contribution >= 0.6 is 23.4 Å². The van der Waals surface area contributed by atoms with Crippen LogP contribution in [-0.4, -0.2) is 34.4 Å². The lowest BCUT2D eigenvalue weighted by Crippen LogP contribution is -2.28. The standard InChI is InChI=1S/C26H25ClN2O2S/c1-18-3-5-19(6-4-18)15-28(2)25(31)21-9-11-22(12-10-21)26-29(24(30)17-32-26)16-20-7-13-23(27)14-8-20/h3-14,26H,15-17H2,1-2H3. The SMILES string of the molecule is Cc1ccc(CN(C)C(=O)c2ccc(C3SCC(=O)N3Cc3ccc(Cl)cc3)cc2)cc1. The third-order valence-electron chi connectivity index (χ3n) is 5.56. The van der Waals surface area contributed by atoms with E-state index < -0.39 is 0 Å². The lowest BCUT2D eigenvalue weighted by Gasteiger charge is -2.25. The predicted octanol–water partition coefficient (Wildman–Crippen LogP) is 5.69. The number of carbonyl (C=O) groups is 2. The van der Waals surface area contributed by atoms with E-state index in [0.717, 1.165) is 16.7 Å². The number of hydrogen-bond acceptors (Lipinski definition) is 3. The van der Waals surface area contributed by atoms with Gasteiger partial charge in [0.25, 0.3) is 5.91 Å². The molecule has 4 nitrogen and oxygen atoms in total. The van der Waals surface area contributed by atoms with E-state index in [1.165, 1.54) is 5.56 Å². The molecule has 6 heteroatoms. The van der Waals surface area contributed by atoms with Crippen LogP contribution < -0.4 is 0 Å². The fourth-order valence-electron chi connectivity index (χ4n) is 3.74. The van der Waals surface area contributed by atoms with Crippen molar-refractivity contribution in [3.63, 3.8) is 0 Å². The fraction of sp³-hybridized carbons (Fsp3) is 0.231. The van der Waals surface area contributed by atoms with Crippen molar-refractivity contribution in [3.8, 4) is 0 Å². The molecule has 1 aliphatic heterocycles. The quantitative estimate of drug-likeness (QED) is 0.470. The van der Waals surface area contributed by atoms with Crippen LogP contribution in [0.4, 0.5) is 0 Å². The van der Waals surface area contributed by atoms with Crippen molar-refractivity contribution in [1.82, 2.24) is 9.80 Å². The van der Waals surface area contributed by atoms with Gasteiger partial charge in [-0.25, -0.2) is 0 Å². The van der Waals surface area contributed by atoms with Gasteiger partial charge in [0.15, 0.2) is 0 Å². The van der Waals surface area contributed by atoms with E-state index in [0.29, 0.717) is 29.4 Å². The van der Waals surface area contributed by atoms with Gasteiger partial charge in [0.2, 0.25) is 5.91 Å². The molecule has 0 saturated carbocycles. The Bertz CT molecular complexity index is 1100. The van der Waals surface area contributed by atoms with Gasteiger partial charge in [0, 0.05) is 30.7 Å². The molecular formula is C26H25ClN2O2S. The Kier molecular flexibility index (Phi) is 6.87. The van der Waals surface area contributed by atoms with Gasteiger partial charge in [-0.2, -0.15) is 0 Å². The molecule has 0 spiro atoms. The molecule has 1 atom stereocenters. The zero-order valence-corrected chi connectivity index (χ0v) is 19.7. The number of thioether (sulfide) groups is 1. The van der Waals surface area contributed by atoms with Crippen LogP contribution in [0.5, 0.6) is 0 Å². The maximum Gasteiger partial charge on any atom is 0.253 e. The maximum absolute atomic E-state index is 12.9. The fourth-order valence-corrected chi connectivity index (χ4v) is 5.05. The first-order valence-electron chi connectivity index (χ1n) is 10.5. The molecule has 0 aliphatic carbocycles. The van der Waals surface area contributed by atoms with Crippen molar-refractivity contribution >= 4 is 35.2 Å². The molecule has 0 N–H and O–H groups in total. The molecule has 2 amide bonds. The van der Waals surface area contributed by atoms with Crippen LogP contribution in [0, 0.1) is 6.92 Å². The summed E-state index contributed by atoms with van der Waals surface area (Å²) in [6.45, 7) is 3.14. The zero-order chi connectivity index (χ0) is 22.7. The van der Waals surface area contributed by atoms with Crippen molar-refractivity contribution in [3.05, 3.63) is 106 Å². The number of nitrogens with zero attached hydrogens (tertiary/aromatic N) is 2. The van der Waals surface area contributed by atoms with E-state index in [1.807, 2.05) is 79.5 Å². The molecule has 32 heavy (non-hydrogen) atoms. The summed E-state index contributed by atoms with van der Waals surface area (Å²) in [5.41, 5.74) is 5.00. The highest BCUT2D eigenvalue weighted by Gasteiger charge is 2.32. The van der Waals surface area contributed by atoms with Gasteiger partial charge < -0.3 is 9.80 Å². The summed E-state index contributed by atoms with van der Waals surface area (Å²) >= 11 is 7.59. The molecular weight excluding hydrogens is 440 g/mol. The highest BCUT2D eigenvalue weighted by atomic mass is 35.5. The lowest BCUT2D eigenvalue weighted by molar-refractivity contribution is -0.128. The second-order valence-electron chi connectivity index (χ2n) is 8.08. The third kappa shape index (κ3) is 5.17. The molecule has 0 radical (unpaired) electrons. The van der Waals surface area contributed by atoms with Crippen molar-refractivity contribution in [1.29, 1.82) is 0 Å². The molecule has 3 aromatic rings. The Balaban J connectivity index is 1.44. The highest BCUT2D eigenvalue weighted by molar-refractivity contribution is 8.00. The lowest BCUT2D eigenvalue weighted by atomic mass is 10.1. The van der Waals surface area contributed by atoms with Gasteiger partial charge in [-0.05, 0) is 47.9 Å². The average molecular weight is 465 g/mol. The average Bonchev–Trinajstić information content (AvgIpc) is 3.16. The topological polar surface area (TPSA) is 40.6 Å². The van der Waals surface area contributed by atoms with Crippen LogP contribution in [-0.2, 0) is 17.9 Å². The number of carbonyl (C=O) groups excluding carboxylic acids is 2. The third-order valence-corrected chi connectivity index (χ3v) is 7.07. The van der Waals surface area contributed by atoms with E-state index in [-0.39, 0.29) is 17.2 Å². The molecule has 1 aliphatic rings. The van der Waals surface area contributed by atoms with Gasteiger partial charge in [-0.3, -0.25) is 9.59 Å². The molecule has 0 bridgehead atoms. The first kappa shape index (κ1) is 22.4. The van der Waals surface area contributed by atoms with Crippen LogP contribution in [0.25, 0.3) is 0 Å². The van der Waals surface area contributed by atoms with Crippen LogP contribution in [0.15, 0.2) is 72.8 Å². The number of rotatable bonds is 6. The number of halogens is 1. The smallest absolute Gasteiger partial charge is 0.253 e. The minimum absolute atomic E-state index is 0.0229. The van der Waals surface area contributed by atoms with E-state index >= 15 is 0 Å². The van der Waals surface area contributed by atoms with Gasteiger partial charge in [-0.15, -0.1) is 11.8 Å². The largest absolute Gasteiger partial charge is 0.337 e. The van der Waals surface area contributed by atoms with Crippen molar-refractivity contribution < 1.29 is 9.59 Å². The Morgan fingerprint density at radius 3 is 2.28 bits per heavy atom. The number of hydrogen-bond donors (Lipinski definition) is 0. The van der Waals surface area contributed by atoms with E-state index in [2.05, 4.69) is 12.1 Å². The van der Waals surface area contributed by atoms with E-state index in [9.17, 15) is 9.59 Å². The van der Waals surface area contributed by atoms with Crippen LogP contribution in [0.1, 0.15) is 38.0 Å². The van der Waals surface area contributed by atoms with Crippen molar-refractivity contribution in [2.75, 3.05) is 12.8 Å². The normalized spacial score (nSPS) is 15.8. The molecule has 164 valence electrons. The Hall–Kier alpha value is -2.76. The van der Waals surface area contributed by atoms with E-state index in [1.54, 1.807) is 16.7 Å². The highest BCUT2D eigenvalue weighted by Crippen LogP contribution is 2.39. The first-order chi connectivity index (χ1) is 15.4. The molecule has 4 rings (SSSR count). The minimum atomic E-state index is -0.0624. The van der Waals surface area contributed by atoms with Crippen molar-refractivity contribution in [2.45, 2.75) is 25.4 Å². The van der Waals surface area contributed by atoms with Gasteiger partial charge in [0.05, 0.1) is 5.75 Å². The molecule has 0 aromatic heterocycles. The summed E-state index contributed by atoms with van der Waals surface area (Å²) < 4.78 is 0. The molecule has 3 aromatic carbocycles. The van der Waals surface area contributed by atoms with E-state index in [4.69, 9.17) is 11.6 Å². The zero-order valence-electron chi connectivity index (χ0n) is 18.1. The van der Waals surface area contributed by atoms with Gasteiger partial charge in [-0.1, -0.05) is 65.7 Å². The summed E-state index contributed by atoms with van der Waals surface area (Å²) in [4.78, 5) is 29.0. The van der Waals surface area contributed by atoms with Crippen molar-refractivity contribution in [2.24, 2.45) is 0 Å². The minimum Gasteiger partial charge on any atom is -0.337 e. The number of benzene rings is 3. The summed E-state index contributed by atoms with van der Waals surface area (Å²) in [6, 6.07) is 23.4. The summed E-state index contributed by atoms with van der Waals surface area (Å²) in [7, 11) is 1.81. The Morgan fingerprint density at radius 2 is 1.62 bits per heavy atom. The number of aryl methyl sites for hydroxylation is 1. The second-order valence-corrected chi connectivity index (χ2v) is 9.59. The Morgan fingerprint density at radius 1 is 1.00 bits per heavy atom. The monoisotopic (exact) mass is 464 g/mol. The number of amides is 2. The summed E-state index contributed by atoms with van der Waals surface area (Å²) in [6.07, 6.45) is 0.